The number of hydrogen-bond donors (Lipinski definition) is 2. The monoisotopic (exact) mass is 453 g/mol. The Kier molecular flexibility index (Phi) is 6.72. The lowest BCUT2D eigenvalue weighted by molar-refractivity contribution is -0.147. The van der Waals surface area contributed by atoms with Crippen molar-refractivity contribution in [3.63, 3.8) is 0 Å². The van der Waals surface area contributed by atoms with Gasteiger partial charge in [0.25, 0.3) is 0 Å². The molecule has 0 bridgehead atoms. The number of allylic oxidation sites excluding steroid dienone is 3. The zero-order chi connectivity index (χ0) is 22.6. The summed E-state index contributed by atoms with van der Waals surface area (Å²) in [5.41, 5.74) is 0.751. The van der Waals surface area contributed by atoms with Gasteiger partial charge in [0.15, 0.2) is 5.65 Å². The summed E-state index contributed by atoms with van der Waals surface area (Å²) in [5, 5.41) is 19.8. The van der Waals surface area contributed by atoms with Crippen LogP contribution in [0.5, 0.6) is 5.75 Å². The van der Waals surface area contributed by atoms with Crippen LogP contribution in [0, 0.1) is 5.41 Å². The molecule has 2 aromatic heterocycles. The summed E-state index contributed by atoms with van der Waals surface area (Å²) >= 11 is 1.47. The Morgan fingerprint density at radius 2 is 2.06 bits per heavy atom. The number of rotatable bonds is 10. The fraction of sp³-hybridized carbons (Fsp3) is 0.375. The van der Waals surface area contributed by atoms with Gasteiger partial charge in [-0.3, -0.25) is 4.79 Å². The molecule has 1 unspecified atom stereocenters. The summed E-state index contributed by atoms with van der Waals surface area (Å²) in [6, 6.07) is 7.73. The Bertz CT molecular complexity index is 1150. The van der Waals surface area contributed by atoms with Gasteiger partial charge in [-0.2, -0.15) is 0 Å². The first kappa shape index (κ1) is 22.2. The normalized spacial score (nSPS) is 17.8. The number of nitrogens with zero attached hydrogens (tertiary/aromatic N) is 3. The number of aliphatic hydroxyl groups excluding tert-OH is 1. The van der Waals surface area contributed by atoms with Gasteiger partial charge in [0.2, 0.25) is 0 Å². The van der Waals surface area contributed by atoms with Crippen molar-refractivity contribution in [2.75, 3.05) is 6.61 Å². The number of aryl methyl sites for hydroxylation is 1. The lowest BCUT2D eigenvalue weighted by Crippen LogP contribution is -2.35. The zero-order valence-corrected chi connectivity index (χ0v) is 18.8. The topological polar surface area (TPSA) is 97.5 Å². The summed E-state index contributed by atoms with van der Waals surface area (Å²) in [6.07, 6.45) is 10.6. The molecule has 0 aliphatic heterocycles. The highest BCUT2D eigenvalue weighted by molar-refractivity contribution is 7.18. The van der Waals surface area contributed by atoms with Crippen LogP contribution in [0.4, 0.5) is 0 Å². The van der Waals surface area contributed by atoms with E-state index in [9.17, 15) is 15.0 Å². The molecular formula is C24H27N3O4S. The number of thiazole rings is 1. The van der Waals surface area contributed by atoms with Crippen LogP contribution in [0.1, 0.15) is 42.6 Å². The van der Waals surface area contributed by atoms with E-state index in [2.05, 4.69) is 16.5 Å². The summed E-state index contributed by atoms with van der Waals surface area (Å²) < 4.78 is 8.02. The molecule has 168 valence electrons. The molecule has 1 atom stereocenters. The zero-order valence-electron chi connectivity index (χ0n) is 18.0. The van der Waals surface area contributed by atoms with Crippen molar-refractivity contribution in [1.82, 2.24) is 14.5 Å². The molecule has 1 aromatic carbocycles. The highest BCUT2D eigenvalue weighted by Crippen LogP contribution is 2.30. The molecule has 32 heavy (non-hydrogen) atoms. The van der Waals surface area contributed by atoms with Gasteiger partial charge in [-0.1, -0.05) is 61.1 Å². The molecule has 1 aliphatic carbocycles. The van der Waals surface area contributed by atoms with Crippen LogP contribution in [-0.2, 0) is 24.4 Å². The molecule has 0 saturated heterocycles. The van der Waals surface area contributed by atoms with Crippen LogP contribution in [0.3, 0.4) is 0 Å². The van der Waals surface area contributed by atoms with Crippen molar-refractivity contribution in [2.45, 2.75) is 45.8 Å². The van der Waals surface area contributed by atoms with Crippen LogP contribution in [0.2, 0.25) is 0 Å². The fourth-order valence-corrected chi connectivity index (χ4v) is 4.61. The Morgan fingerprint density at radius 1 is 1.25 bits per heavy atom. The summed E-state index contributed by atoms with van der Waals surface area (Å²) in [6.45, 7) is 2.80. The third-order valence-corrected chi connectivity index (χ3v) is 6.70. The third-order valence-electron chi connectivity index (χ3n) is 5.65. The second kappa shape index (κ2) is 9.67. The SMILES string of the molecule is CCCCc1nc2nc(CO)sc2n1Cc1ccc(OCC2(C(=O)O)C=CC=CC2)cc1. The van der Waals surface area contributed by atoms with E-state index >= 15 is 0 Å². The van der Waals surface area contributed by atoms with E-state index in [1.165, 1.54) is 11.3 Å². The van der Waals surface area contributed by atoms with Gasteiger partial charge < -0.3 is 19.5 Å². The van der Waals surface area contributed by atoms with Gasteiger partial charge in [-0.15, -0.1) is 0 Å². The Morgan fingerprint density at radius 3 is 2.72 bits per heavy atom. The Balaban J connectivity index is 1.49. The van der Waals surface area contributed by atoms with Crippen LogP contribution in [0.15, 0.2) is 48.6 Å². The minimum atomic E-state index is -1.03. The molecule has 0 fully saturated rings. The van der Waals surface area contributed by atoms with Crippen molar-refractivity contribution < 1.29 is 19.7 Å². The first-order valence-electron chi connectivity index (χ1n) is 10.8. The lowest BCUT2D eigenvalue weighted by Gasteiger charge is -2.26. The molecule has 4 rings (SSSR count). The summed E-state index contributed by atoms with van der Waals surface area (Å²) in [7, 11) is 0. The van der Waals surface area contributed by atoms with E-state index in [1.54, 1.807) is 12.2 Å². The number of fused-ring (bicyclic) bond motifs is 1. The van der Waals surface area contributed by atoms with Gasteiger partial charge in [-0.05, 0) is 30.5 Å². The predicted octanol–water partition coefficient (Wildman–Crippen LogP) is 4.34. The highest BCUT2D eigenvalue weighted by Gasteiger charge is 2.36. The number of imidazole rings is 1. The van der Waals surface area contributed by atoms with Crippen LogP contribution >= 0.6 is 11.3 Å². The Hall–Kier alpha value is -2.97. The number of carboxylic acid groups (broad SMARTS) is 1. The minimum Gasteiger partial charge on any atom is -0.492 e. The molecular weight excluding hydrogens is 426 g/mol. The number of aromatic nitrogens is 3. The van der Waals surface area contributed by atoms with Crippen LogP contribution < -0.4 is 4.74 Å². The number of unbranched alkanes of at least 4 members (excludes halogenated alkanes) is 1. The number of hydrogen-bond acceptors (Lipinski definition) is 6. The number of aliphatic hydroxyl groups is 1. The second-order valence-corrected chi connectivity index (χ2v) is 9.06. The molecule has 0 radical (unpaired) electrons. The van der Waals surface area contributed by atoms with Crippen molar-refractivity contribution in [3.05, 3.63) is 65.0 Å². The molecule has 7 nitrogen and oxygen atoms in total. The number of ether oxygens (including phenoxy) is 1. The second-order valence-electron chi connectivity index (χ2n) is 8.00. The number of carboxylic acids is 1. The van der Waals surface area contributed by atoms with Crippen molar-refractivity contribution in [3.8, 4) is 5.75 Å². The van der Waals surface area contributed by atoms with E-state index in [4.69, 9.17) is 9.72 Å². The molecule has 1 aliphatic rings. The first-order chi connectivity index (χ1) is 15.5. The van der Waals surface area contributed by atoms with E-state index in [-0.39, 0.29) is 13.2 Å². The van der Waals surface area contributed by atoms with E-state index in [1.807, 2.05) is 36.4 Å². The molecule has 3 aromatic rings. The van der Waals surface area contributed by atoms with E-state index in [0.29, 0.717) is 29.4 Å². The van der Waals surface area contributed by atoms with Crippen molar-refractivity contribution >= 4 is 27.8 Å². The lowest BCUT2D eigenvalue weighted by atomic mass is 9.82. The maximum atomic E-state index is 11.8. The van der Waals surface area contributed by atoms with E-state index < -0.39 is 11.4 Å². The van der Waals surface area contributed by atoms with E-state index in [0.717, 1.165) is 35.5 Å². The average Bonchev–Trinajstić information content (AvgIpc) is 3.36. The summed E-state index contributed by atoms with van der Waals surface area (Å²) in [5.74, 6) is 0.760. The molecule has 8 heteroatoms. The number of carbonyl (C=O) groups is 1. The third kappa shape index (κ3) is 4.61. The largest absolute Gasteiger partial charge is 0.492 e. The summed E-state index contributed by atoms with van der Waals surface area (Å²) in [4.78, 5) is 21.9. The molecule has 0 spiro atoms. The molecule has 2 N–H and O–H groups in total. The molecule has 0 amide bonds. The standard InChI is InChI=1S/C24H27N3O4S/c1-2-3-7-19-25-21-22(32-20(15-28)26-21)27(19)14-17-8-10-18(11-9-17)31-16-24(23(29)30)12-5-4-6-13-24/h4-6,8-12,28H,2-3,7,13-16H2,1H3,(H,29,30). The quantitative estimate of drug-likeness (QED) is 0.474. The van der Waals surface area contributed by atoms with Gasteiger partial charge >= 0.3 is 5.97 Å². The maximum absolute atomic E-state index is 11.8. The van der Waals surface area contributed by atoms with Crippen LogP contribution in [-0.4, -0.2) is 37.3 Å². The predicted molar refractivity (Wildman–Crippen MR) is 124 cm³/mol. The van der Waals surface area contributed by atoms with Crippen LogP contribution in [0.25, 0.3) is 10.5 Å². The maximum Gasteiger partial charge on any atom is 0.317 e. The van der Waals surface area contributed by atoms with Gasteiger partial charge in [-0.25, -0.2) is 9.97 Å². The smallest absolute Gasteiger partial charge is 0.317 e. The number of benzene rings is 1. The fourth-order valence-electron chi connectivity index (χ4n) is 3.73. The van der Waals surface area contributed by atoms with Crippen molar-refractivity contribution in [2.24, 2.45) is 5.41 Å². The van der Waals surface area contributed by atoms with Gasteiger partial charge in [0, 0.05) is 6.42 Å². The van der Waals surface area contributed by atoms with Gasteiger partial charge in [0.1, 0.15) is 33.4 Å². The van der Waals surface area contributed by atoms with Gasteiger partial charge in [0.05, 0.1) is 13.2 Å². The first-order valence-corrected chi connectivity index (χ1v) is 11.6. The van der Waals surface area contributed by atoms with Crippen molar-refractivity contribution in [1.29, 1.82) is 0 Å². The Labute approximate surface area is 190 Å². The molecule has 2 heterocycles. The average molecular weight is 454 g/mol. The number of aliphatic carboxylic acids is 1. The molecule has 0 saturated carbocycles. The minimum absolute atomic E-state index is 0.0800. The highest BCUT2D eigenvalue weighted by atomic mass is 32.1.